The topological polar surface area (TPSA) is 104 Å². The van der Waals surface area contributed by atoms with Crippen LogP contribution in [0.3, 0.4) is 0 Å². The van der Waals surface area contributed by atoms with Crippen LogP contribution in [0.5, 0.6) is 0 Å². The van der Waals surface area contributed by atoms with E-state index < -0.39 is 14.9 Å². The average Bonchev–Trinajstić information content (AvgIpc) is 2.59. The van der Waals surface area contributed by atoms with Gasteiger partial charge in [0.1, 0.15) is 0 Å². The quantitative estimate of drug-likeness (QED) is 0.567. The molecule has 0 radical (unpaired) electrons. The molecule has 0 saturated carbocycles. The van der Waals surface area contributed by atoms with E-state index in [1.165, 1.54) is 16.4 Å². The summed E-state index contributed by atoms with van der Waals surface area (Å²) < 4.78 is 26.7. The Bertz CT molecular complexity index is 843. The van der Waals surface area contributed by atoms with E-state index in [9.17, 15) is 18.5 Å². The summed E-state index contributed by atoms with van der Waals surface area (Å²) >= 11 is 0. The van der Waals surface area contributed by atoms with Gasteiger partial charge in [0.05, 0.1) is 15.9 Å². The van der Waals surface area contributed by atoms with E-state index in [1.54, 1.807) is 24.3 Å². The molecule has 0 fully saturated rings. The highest BCUT2D eigenvalue weighted by atomic mass is 32.2. The molecule has 0 bridgehead atoms. The summed E-state index contributed by atoms with van der Waals surface area (Å²) in [5.41, 5.74) is 0.613. The second-order valence-corrected chi connectivity index (χ2v) is 6.92. The van der Waals surface area contributed by atoms with Crippen molar-refractivity contribution in [3.63, 3.8) is 0 Å². The van der Waals surface area contributed by atoms with Crippen LogP contribution in [0, 0.1) is 21.4 Å². The Balaban J connectivity index is 2.32. The van der Waals surface area contributed by atoms with Gasteiger partial charge in [-0.25, -0.2) is 8.42 Å². The van der Waals surface area contributed by atoms with E-state index in [4.69, 9.17) is 5.26 Å². The molecule has 0 aliphatic rings. The molecule has 0 unspecified atom stereocenters. The Morgan fingerprint density at radius 1 is 1.08 bits per heavy atom. The monoisotopic (exact) mass is 345 g/mol. The Morgan fingerprint density at radius 3 is 2.25 bits per heavy atom. The van der Waals surface area contributed by atoms with Crippen LogP contribution >= 0.6 is 0 Å². The number of sulfonamides is 1. The molecule has 0 N–H and O–H groups in total. The summed E-state index contributed by atoms with van der Waals surface area (Å²) in [6.07, 6.45) is 0.0546. The molecule has 0 amide bonds. The summed E-state index contributed by atoms with van der Waals surface area (Å²) in [7, 11) is -3.85. The highest BCUT2D eigenvalue weighted by molar-refractivity contribution is 7.89. The van der Waals surface area contributed by atoms with Gasteiger partial charge in [-0.05, 0) is 17.7 Å². The standard InChI is InChI=1S/C16H15N3O4S/c17-11-4-12-18(13-14-5-2-1-3-6-14)24(22,23)16-9-7-15(8-10-16)19(20)21/h1-3,5-10H,4,12-13H2. The van der Waals surface area contributed by atoms with Gasteiger partial charge in [-0.1, -0.05) is 30.3 Å². The van der Waals surface area contributed by atoms with E-state index in [2.05, 4.69) is 0 Å². The van der Waals surface area contributed by atoms with Gasteiger partial charge in [0.15, 0.2) is 0 Å². The predicted octanol–water partition coefficient (Wildman–Crippen LogP) is 2.70. The predicted molar refractivity (Wildman–Crippen MR) is 87.4 cm³/mol. The molecule has 0 atom stereocenters. The lowest BCUT2D eigenvalue weighted by atomic mass is 10.2. The molecule has 0 aliphatic carbocycles. The van der Waals surface area contributed by atoms with Crippen molar-refractivity contribution in [3.8, 4) is 6.07 Å². The third-order valence-electron chi connectivity index (χ3n) is 3.36. The fourth-order valence-electron chi connectivity index (χ4n) is 2.13. The number of nitriles is 1. The minimum Gasteiger partial charge on any atom is -0.258 e. The van der Waals surface area contributed by atoms with Crippen LogP contribution in [-0.4, -0.2) is 24.2 Å². The minimum absolute atomic E-state index is 0.0398. The first kappa shape index (κ1) is 17.6. The maximum atomic E-state index is 12.8. The summed E-state index contributed by atoms with van der Waals surface area (Å²) in [6.45, 7) is 0.173. The molecule has 2 rings (SSSR count). The lowest BCUT2D eigenvalue weighted by molar-refractivity contribution is -0.384. The highest BCUT2D eigenvalue weighted by Crippen LogP contribution is 2.21. The number of benzene rings is 2. The lowest BCUT2D eigenvalue weighted by Crippen LogP contribution is -2.31. The fourth-order valence-corrected chi connectivity index (χ4v) is 3.56. The van der Waals surface area contributed by atoms with Gasteiger partial charge in [0.2, 0.25) is 10.0 Å². The van der Waals surface area contributed by atoms with Crippen molar-refractivity contribution in [1.29, 1.82) is 5.26 Å². The highest BCUT2D eigenvalue weighted by Gasteiger charge is 2.25. The molecule has 2 aromatic rings. The van der Waals surface area contributed by atoms with E-state index >= 15 is 0 Å². The number of rotatable bonds is 7. The van der Waals surface area contributed by atoms with Gasteiger partial charge in [0, 0.05) is 31.6 Å². The number of nitro benzene ring substituents is 1. The first-order valence-corrected chi connectivity index (χ1v) is 8.54. The summed E-state index contributed by atoms with van der Waals surface area (Å²) in [5, 5.41) is 19.5. The molecule has 2 aromatic carbocycles. The molecule has 124 valence electrons. The number of non-ortho nitro benzene ring substituents is 1. The molecular weight excluding hydrogens is 330 g/mol. The molecule has 7 nitrogen and oxygen atoms in total. The first-order valence-electron chi connectivity index (χ1n) is 7.10. The second-order valence-electron chi connectivity index (χ2n) is 4.98. The Hall–Kier alpha value is -2.76. The van der Waals surface area contributed by atoms with Crippen LogP contribution < -0.4 is 0 Å². The van der Waals surface area contributed by atoms with Crippen LogP contribution in [0.1, 0.15) is 12.0 Å². The molecule has 0 heterocycles. The van der Waals surface area contributed by atoms with Crippen LogP contribution in [-0.2, 0) is 16.6 Å². The van der Waals surface area contributed by atoms with Gasteiger partial charge < -0.3 is 0 Å². The third-order valence-corrected chi connectivity index (χ3v) is 5.22. The molecular formula is C16H15N3O4S. The van der Waals surface area contributed by atoms with Crippen molar-refractivity contribution in [2.24, 2.45) is 0 Å². The number of nitrogens with zero attached hydrogens (tertiary/aromatic N) is 3. The zero-order valence-corrected chi connectivity index (χ0v) is 13.5. The molecule has 0 aliphatic heterocycles. The number of nitro groups is 1. The van der Waals surface area contributed by atoms with E-state index in [1.807, 2.05) is 12.1 Å². The van der Waals surface area contributed by atoms with Gasteiger partial charge in [-0.2, -0.15) is 9.57 Å². The lowest BCUT2D eigenvalue weighted by Gasteiger charge is -2.21. The minimum atomic E-state index is -3.85. The summed E-state index contributed by atoms with van der Waals surface area (Å²) in [6, 6.07) is 15.7. The van der Waals surface area contributed by atoms with Crippen molar-refractivity contribution in [3.05, 3.63) is 70.3 Å². The summed E-state index contributed by atoms with van der Waals surface area (Å²) in [5.74, 6) is 0. The molecule has 0 aromatic heterocycles. The third kappa shape index (κ3) is 4.16. The van der Waals surface area contributed by atoms with Gasteiger partial charge >= 0.3 is 0 Å². The Kier molecular flexibility index (Phi) is 5.63. The molecule has 0 saturated heterocycles. The van der Waals surface area contributed by atoms with Crippen molar-refractivity contribution in [2.45, 2.75) is 17.9 Å². The van der Waals surface area contributed by atoms with E-state index in [0.29, 0.717) is 0 Å². The SMILES string of the molecule is N#CCCN(Cc1ccccc1)S(=O)(=O)c1ccc([N+](=O)[O-])cc1. The first-order chi connectivity index (χ1) is 11.4. The number of hydrogen-bond donors (Lipinski definition) is 0. The van der Waals surface area contributed by atoms with Gasteiger partial charge in [-0.15, -0.1) is 0 Å². The second kappa shape index (κ2) is 7.68. The van der Waals surface area contributed by atoms with Crippen LogP contribution in [0.4, 0.5) is 5.69 Å². The summed E-state index contributed by atoms with van der Waals surface area (Å²) in [4.78, 5) is 10.1. The Labute approximate surface area is 140 Å². The molecule has 0 spiro atoms. The number of hydrogen-bond acceptors (Lipinski definition) is 5. The van der Waals surface area contributed by atoms with Crippen LogP contribution in [0.25, 0.3) is 0 Å². The largest absolute Gasteiger partial charge is 0.269 e. The normalized spacial score (nSPS) is 11.2. The van der Waals surface area contributed by atoms with Crippen molar-refractivity contribution in [2.75, 3.05) is 6.54 Å². The van der Waals surface area contributed by atoms with Gasteiger partial charge in [0.25, 0.3) is 5.69 Å². The zero-order chi connectivity index (χ0) is 17.6. The van der Waals surface area contributed by atoms with Crippen LogP contribution in [0.2, 0.25) is 0 Å². The van der Waals surface area contributed by atoms with Crippen molar-refractivity contribution in [1.82, 2.24) is 4.31 Å². The average molecular weight is 345 g/mol. The zero-order valence-electron chi connectivity index (χ0n) is 12.7. The van der Waals surface area contributed by atoms with E-state index in [0.717, 1.165) is 17.7 Å². The Morgan fingerprint density at radius 2 is 1.71 bits per heavy atom. The van der Waals surface area contributed by atoms with Crippen molar-refractivity contribution >= 4 is 15.7 Å². The fraction of sp³-hybridized carbons (Fsp3) is 0.188. The van der Waals surface area contributed by atoms with Gasteiger partial charge in [-0.3, -0.25) is 10.1 Å². The maximum absolute atomic E-state index is 12.8. The molecule has 8 heteroatoms. The maximum Gasteiger partial charge on any atom is 0.269 e. The van der Waals surface area contributed by atoms with Crippen molar-refractivity contribution < 1.29 is 13.3 Å². The van der Waals surface area contributed by atoms with Crippen LogP contribution in [0.15, 0.2) is 59.5 Å². The van der Waals surface area contributed by atoms with E-state index in [-0.39, 0.29) is 30.1 Å². The molecule has 24 heavy (non-hydrogen) atoms. The smallest absolute Gasteiger partial charge is 0.258 e.